The smallest absolute Gasteiger partial charge is 0.125 e. The molecule has 0 radical (unpaired) electrons. The van der Waals surface area contributed by atoms with Gasteiger partial charge >= 0.3 is 0 Å². The molecule has 0 heterocycles. The largest absolute Gasteiger partial charge is 0.744 e. The maximum absolute atomic E-state index is 10.5. The van der Waals surface area contributed by atoms with Crippen molar-refractivity contribution in [3.63, 3.8) is 0 Å². The van der Waals surface area contributed by atoms with E-state index >= 15 is 0 Å². The molecular weight excluding hydrogens is 261 g/mol. The summed E-state index contributed by atoms with van der Waals surface area (Å²) in [6, 6.07) is 3.68. The third kappa shape index (κ3) is 5.34. The Morgan fingerprint density at radius 1 is 1.40 bits per heavy atom. The summed E-state index contributed by atoms with van der Waals surface area (Å²) >= 11 is 10.9. The van der Waals surface area contributed by atoms with Crippen molar-refractivity contribution in [1.82, 2.24) is 0 Å². The molecule has 0 unspecified atom stereocenters. The van der Waals surface area contributed by atoms with Gasteiger partial charge in [0.05, 0.1) is 16.5 Å². The van der Waals surface area contributed by atoms with Gasteiger partial charge in [-0.15, -0.1) is 0 Å². The molecule has 7 heteroatoms. The second kappa shape index (κ2) is 6.30. The third-order valence-corrected chi connectivity index (χ3v) is 2.72. The minimum Gasteiger partial charge on any atom is -0.744 e. The monoisotopic (exact) mass is 271 g/mol. The summed E-state index contributed by atoms with van der Waals surface area (Å²) in [6.45, 7) is 3.01. The quantitative estimate of drug-likeness (QED) is 0.778. The lowest BCUT2D eigenvalue weighted by Gasteiger charge is -2.08. The Labute approximate surface area is 98.7 Å². The van der Waals surface area contributed by atoms with Gasteiger partial charge < -0.3 is 10.3 Å². The maximum atomic E-state index is 10.5. The lowest BCUT2D eigenvalue weighted by molar-refractivity contribution is -0.361. The molecule has 0 amide bonds. The van der Waals surface area contributed by atoms with E-state index < -0.39 is 15.0 Å². The first-order chi connectivity index (χ1) is 6.82. The van der Waals surface area contributed by atoms with Crippen LogP contribution in [0.3, 0.4) is 0 Å². The molecule has 0 aliphatic heterocycles. The molecule has 1 rings (SSSR count). The van der Waals surface area contributed by atoms with Crippen LogP contribution in [0.1, 0.15) is 6.92 Å². The van der Waals surface area contributed by atoms with Crippen LogP contribution in [0.4, 0.5) is 0 Å². The summed E-state index contributed by atoms with van der Waals surface area (Å²) in [5.41, 5.74) is 3.49. The fourth-order valence-electron chi connectivity index (χ4n) is 0.669. The molecule has 0 atom stereocenters. The van der Waals surface area contributed by atoms with E-state index in [1.54, 1.807) is 0 Å². The lowest BCUT2D eigenvalue weighted by Crippen LogP contribution is -2.48. The molecule has 1 aromatic rings. The highest BCUT2D eigenvalue weighted by molar-refractivity contribution is 7.85. The lowest BCUT2D eigenvalue weighted by atomic mass is 10.4. The average Bonchev–Trinajstić information content (AvgIpc) is 2.09. The number of halogens is 2. The Hall–Kier alpha value is -0.330. The second-order valence-electron chi connectivity index (χ2n) is 2.53. The standard InChI is InChI=1S/C6H4Cl2O3S.C2H7N/c7-4-1-2-5(8)6(3-4)12(9,10)11;1-2-3/h1-3H,(H,9,10,11);2-3H2,1H3. The van der Waals surface area contributed by atoms with E-state index in [9.17, 15) is 13.0 Å². The molecule has 1 aromatic carbocycles. The van der Waals surface area contributed by atoms with Crippen LogP contribution in [0.25, 0.3) is 0 Å². The fraction of sp³-hybridized carbons (Fsp3) is 0.250. The highest BCUT2D eigenvalue weighted by Gasteiger charge is 2.07. The van der Waals surface area contributed by atoms with Crippen molar-refractivity contribution in [2.75, 3.05) is 6.54 Å². The van der Waals surface area contributed by atoms with E-state index in [0.717, 1.165) is 12.6 Å². The first kappa shape index (κ1) is 14.7. The van der Waals surface area contributed by atoms with Gasteiger partial charge in [-0.25, -0.2) is 8.42 Å². The van der Waals surface area contributed by atoms with Crippen molar-refractivity contribution in [3.05, 3.63) is 28.2 Å². The van der Waals surface area contributed by atoms with E-state index in [0.29, 0.717) is 0 Å². The van der Waals surface area contributed by atoms with Crippen LogP contribution in [0.15, 0.2) is 23.1 Å². The number of hydrogen-bond donors (Lipinski definition) is 1. The molecule has 86 valence electrons. The molecule has 0 aliphatic carbocycles. The highest BCUT2D eigenvalue weighted by Crippen LogP contribution is 2.24. The number of hydrogen-bond acceptors (Lipinski definition) is 3. The van der Waals surface area contributed by atoms with Gasteiger partial charge in [-0.3, -0.25) is 0 Å². The Morgan fingerprint density at radius 3 is 2.20 bits per heavy atom. The minimum absolute atomic E-state index is 0.116. The molecule has 0 saturated heterocycles. The SMILES string of the molecule is CC[NH3+].O=S(=O)([O-])c1cc(Cl)ccc1Cl. The van der Waals surface area contributed by atoms with Crippen LogP contribution in [0.2, 0.25) is 10.0 Å². The first-order valence-electron chi connectivity index (χ1n) is 4.03. The van der Waals surface area contributed by atoms with Gasteiger partial charge in [-0.05, 0) is 25.1 Å². The van der Waals surface area contributed by atoms with Crippen LogP contribution in [-0.4, -0.2) is 19.5 Å². The molecule has 15 heavy (non-hydrogen) atoms. The first-order valence-corrected chi connectivity index (χ1v) is 6.19. The van der Waals surface area contributed by atoms with Crippen LogP contribution < -0.4 is 5.73 Å². The number of benzene rings is 1. The van der Waals surface area contributed by atoms with Gasteiger partial charge in [0, 0.05) is 5.02 Å². The van der Waals surface area contributed by atoms with Gasteiger partial charge in [0.2, 0.25) is 0 Å². The zero-order valence-electron chi connectivity index (χ0n) is 8.04. The molecule has 0 aliphatic rings. The highest BCUT2D eigenvalue weighted by atomic mass is 35.5. The number of rotatable bonds is 1. The molecule has 0 bridgehead atoms. The predicted molar refractivity (Wildman–Crippen MR) is 57.9 cm³/mol. The molecule has 0 saturated carbocycles. The fourth-order valence-corrected chi connectivity index (χ4v) is 1.88. The van der Waals surface area contributed by atoms with E-state index in [1.807, 2.05) is 6.92 Å². The third-order valence-electron chi connectivity index (χ3n) is 1.16. The van der Waals surface area contributed by atoms with Gasteiger partial charge in [-0.1, -0.05) is 23.2 Å². The molecular formula is C8H11Cl2NO3S. The average molecular weight is 272 g/mol. The van der Waals surface area contributed by atoms with Crippen LogP contribution in [0.5, 0.6) is 0 Å². The Kier molecular flexibility index (Phi) is 6.16. The van der Waals surface area contributed by atoms with Crippen molar-refractivity contribution in [2.45, 2.75) is 11.8 Å². The summed E-state index contributed by atoms with van der Waals surface area (Å²) in [7, 11) is -4.52. The maximum Gasteiger partial charge on any atom is 0.125 e. The van der Waals surface area contributed by atoms with E-state index in [2.05, 4.69) is 5.73 Å². The molecule has 0 aromatic heterocycles. The molecule has 0 fully saturated rings. The Balaban J connectivity index is 0.000000583. The second-order valence-corrected chi connectivity index (χ2v) is 4.72. The summed E-state index contributed by atoms with van der Waals surface area (Å²) in [6.07, 6.45) is 0. The van der Waals surface area contributed by atoms with Crippen molar-refractivity contribution in [3.8, 4) is 0 Å². The van der Waals surface area contributed by atoms with Crippen LogP contribution in [-0.2, 0) is 10.1 Å². The zero-order chi connectivity index (χ0) is 12.1. The summed E-state index contributed by atoms with van der Waals surface area (Å²) in [5.74, 6) is 0. The number of quaternary nitrogens is 1. The van der Waals surface area contributed by atoms with Crippen molar-refractivity contribution >= 4 is 33.3 Å². The van der Waals surface area contributed by atoms with Crippen molar-refractivity contribution in [1.29, 1.82) is 0 Å². The zero-order valence-corrected chi connectivity index (χ0v) is 10.4. The topological polar surface area (TPSA) is 84.8 Å². The molecule has 3 N–H and O–H groups in total. The van der Waals surface area contributed by atoms with Gasteiger partial charge in [0.1, 0.15) is 10.1 Å². The summed E-state index contributed by atoms with van der Waals surface area (Å²) in [4.78, 5) is -0.489. The normalized spacial score (nSPS) is 10.5. The van der Waals surface area contributed by atoms with E-state index in [1.165, 1.54) is 12.1 Å². The van der Waals surface area contributed by atoms with Crippen LogP contribution >= 0.6 is 23.2 Å². The van der Waals surface area contributed by atoms with E-state index in [-0.39, 0.29) is 10.0 Å². The Bertz CT molecular complexity index is 420. The summed E-state index contributed by atoms with van der Waals surface area (Å²) < 4.78 is 31.5. The molecule has 0 spiro atoms. The molecule has 4 nitrogen and oxygen atoms in total. The van der Waals surface area contributed by atoms with Gasteiger partial charge in [-0.2, -0.15) is 0 Å². The predicted octanol–water partition coefficient (Wildman–Crippen LogP) is 1.15. The minimum atomic E-state index is -4.52. The summed E-state index contributed by atoms with van der Waals surface area (Å²) in [5, 5.41) is 0.0447. The van der Waals surface area contributed by atoms with Gasteiger partial charge in [0.15, 0.2) is 0 Å². The van der Waals surface area contributed by atoms with Crippen LogP contribution in [0, 0.1) is 0 Å². The Morgan fingerprint density at radius 2 is 1.87 bits per heavy atom. The van der Waals surface area contributed by atoms with Crippen molar-refractivity contribution < 1.29 is 18.7 Å². The van der Waals surface area contributed by atoms with Crippen molar-refractivity contribution in [2.24, 2.45) is 0 Å². The van der Waals surface area contributed by atoms with E-state index in [4.69, 9.17) is 23.2 Å². The van der Waals surface area contributed by atoms with Gasteiger partial charge in [0.25, 0.3) is 0 Å².